The maximum Gasteiger partial charge on any atom is 0.187 e. The van der Waals surface area contributed by atoms with Crippen molar-refractivity contribution in [1.82, 2.24) is 0 Å². The number of hydrogen-bond donors (Lipinski definition) is 1. The molecular formula is C17H15F2NO2. The number of halogens is 2. The minimum atomic E-state index is -0.945. The van der Waals surface area contributed by atoms with E-state index in [1.54, 1.807) is 38.3 Å². The molecule has 114 valence electrons. The van der Waals surface area contributed by atoms with Crippen LogP contribution in [0.2, 0.25) is 0 Å². The maximum atomic E-state index is 13.1. The Labute approximate surface area is 127 Å². The number of nitrogens with one attached hydrogen (secondary N) is 1. The third kappa shape index (κ3) is 3.91. The molecular weight excluding hydrogens is 288 g/mol. The fraction of sp³-hybridized carbons (Fsp3) is 0.118. The average molecular weight is 303 g/mol. The normalized spacial score (nSPS) is 11.2. The van der Waals surface area contributed by atoms with Gasteiger partial charge in [-0.2, -0.15) is 0 Å². The Kier molecular flexibility index (Phi) is 4.88. The molecule has 0 heterocycles. The molecule has 22 heavy (non-hydrogen) atoms. The first-order chi connectivity index (χ1) is 10.5. The van der Waals surface area contributed by atoms with Gasteiger partial charge in [-0.05, 0) is 43.3 Å². The Bertz CT molecular complexity index is 709. The van der Waals surface area contributed by atoms with Crippen LogP contribution in [0.15, 0.2) is 54.2 Å². The molecule has 0 aromatic heterocycles. The van der Waals surface area contributed by atoms with Crippen molar-refractivity contribution in [3.05, 3.63) is 71.4 Å². The van der Waals surface area contributed by atoms with Crippen LogP contribution in [0, 0.1) is 11.6 Å². The van der Waals surface area contributed by atoms with E-state index in [-0.39, 0.29) is 5.78 Å². The largest absolute Gasteiger partial charge is 0.497 e. The zero-order chi connectivity index (χ0) is 16.1. The van der Waals surface area contributed by atoms with Gasteiger partial charge >= 0.3 is 0 Å². The minimum absolute atomic E-state index is 0.199. The third-order valence-corrected chi connectivity index (χ3v) is 2.98. The third-order valence-electron chi connectivity index (χ3n) is 2.98. The number of ether oxygens (including phenoxy) is 1. The highest BCUT2D eigenvalue weighted by molar-refractivity contribution is 6.05. The summed E-state index contributed by atoms with van der Waals surface area (Å²) >= 11 is 0. The lowest BCUT2D eigenvalue weighted by atomic mass is 10.1. The van der Waals surface area contributed by atoms with E-state index in [1.165, 1.54) is 12.1 Å². The molecule has 5 heteroatoms. The first kappa shape index (κ1) is 15.7. The van der Waals surface area contributed by atoms with Gasteiger partial charge in [0.15, 0.2) is 17.4 Å². The van der Waals surface area contributed by atoms with Gasteiger partial charge in [-0.3, -0.25) is 4.79 Å². The Morgan fingerprint density at radius 1 is 1.09 bits per heavy atom. The molecule has 0 spiro atoms. The van der Waals surface area contributed by atoms with Gasteiger partial charge in [-0.1, -0.05) is 0 Å². The molecule has 1 N–H and O–H groups in total. The molecule has 0 aliphatic heterocycles. The number of anilines is 1. The molecule has 2 aromatic rings. The lowest BCUT2D eigenvalue weighted by Gasteiger charge is -2.07. The highest BCUT2D eigenvalue weighted by atomic mass is 19.2. The van der Waals surface area contributed by atoms with Gasteiger partial charge in [0.25, 0.3) is 0 Å². The summed E-state index contributed by atoms with van der Waals surface area (Å²) in [5.41, 5.74) is 1.40. The molecule has 0 aliphatic carbocycles. The summed E-state index contributed by atoms with van der Waals surface area (Å²) < 4.78 is 31.0. The van der Waals surface area contributed by atoms with E-state index >= 15 is 0 Å². The highest BCUT2D eigenvalue weighted by Gasteiger charge is 2.05. The number of methoxy groups -OCH3 is 1. The fourth-order valence-corrected chi connectivity index (χ4v) is 1.87. The number of carbonyl (C=O) groups excluding carboxylic acids is 1. The maximum absolute atomic E-state index is 13.1. The molecule has 0 atom stereocenters. The van der Waals surface area contributed by atoms with E-state index in [2.05, 4.69) is 5.32 Å². The van der Waals surface area contributed by atoms with Gasteiger partial charge in [0.1, 0.15) is 5.75 Å². The molecule has 0 amide bonds. The summed E-state index contributed by atoms with van der Waals surface area (Å²) in [6, 6.07) is 10.2. The first-order valence-electron chi connectivity index (χ1n) is 6.58. The van der Waals surface area contributed by atoms with Crippen LogP contribution >= 0.6 is 0 Å². The van der Waals surface area contributed by atoms with Crippen LogP contribution in [0.4, 0.5) is 14.5 Å². The topological polar surface area (TPSA) is 38.3 Å². The number of rotatable bonds is 5. The Morgan fingerprint density at radius 2 is 1.77 bits per heavy atom. The number of hydrogen-bond acceptors (Lipinski definition) is 3. The number of benzene rings is 2. The van der Waals surface area contributed by atoms with E-state index in [1.807, 2.05) is 0 Å². The SMILES string of the molecule is COc1ccc(C(=O)/C=C(\C)Nc2ccc(F)c(F)c2)cc1. The smallest absolute Gasteiger partial charge is 0.187 e. The van der Waals surface area contributed by atoms with Crippen LogP contribution in [0.25, 0.3) is 0 Å². The molecule has 0 radical (unpaired) electrons. The van der Waals surface area contributed by atoms with Crippen LogP contribution in [0.3, 0.4) is 0 Å². The Hall–Kier alpha value is -2.69. The second kappa shape index (κ2) is 6.85. The molecule has 0 fully saturated rings. The molecule has 2 rings (SSSR count). The Morgan fingerprint density at radius 3 is 2.36 bits per heavy atom. The molecule has 0 aliphatic rings. The van der Waals surface area contributed by atoms with Crippen molar-refractivity contribution in [2.24, 2.45) is 0 Å². The summed E-state index contributed by atoms with van der Waals surface area (Å²) in [5, 5.41) is 2.84. The molecule has 0 saturated carbocycles. The summed E-state index contributed by atoms with van der Waals surface area (Å²) in [4.78, 5) is 12.1. The quantitative estimate of drug-likeness (QED) is 0.665. The number of ketones is 1. The minimum Gasteiger partial charge on any atom is -0.497 e. The standard InChI is InChI=1S/C17H15F2NO2/c1-11(20-13-5-8-15(18)16(19)10-13)9-17(21)12-3-6-14(22-2)7-4-12/h3-10,20H,1-2H3/b11-9+. The zero-order valence-corrected chi connectivity index (χ0v) is 12.2. The average Bonchev–Trinajstić information content (AvgIpc) is 2.51. The van der Waals surface area contributed by atoms with Crippen LogP contribution in [-0.2, 0) is 0 Å². The van der Waals surface area contributed by atoms with Crippen molar-refractivity contribution in [3.8, 4) is 5.75 Å². The van der Waals surface area contributed by atoms with Crippen LogP contribution in [0.5, 0.6) is 5.75 Å². The predicted octanol–water partition coefficient (Wildman–Crippen LogP) is 4.17. The van der Waals surface area contributed by atoms with Crippen molar-refractivity contribution in [1.29, 1.82) is 0 Å². The lowest BCUT2D eigenvalue weighted by molar-refractivity contribution is 0.104. The van der Waals surface area contributed by atoms with Crippen molar-refractivity contribution in [3.63, 3.8) is 0 Å². The van der Waals surface area contributed by atoms with Gasteiger partial charge in [-0.25, -0.2) is 8.78 Å². The van der Waals surface area contributed by atoms with Gasteiger partial charge in [0.2, 0.25) is 0 Å². The second-order valence-electron chi connectivity index (χ2n) is 4.67. The number of carbonyl (C=O) groups is 1. The molecule has 0 bridgehead atoms. The van der Waals surface area contributed by atoms with E-state index in [4.69, 9.17) is 4.74 Å². The Balaban J connectivity index is 2.09. The molecule has 0 unspecified atom stereocenters. The zero-order valence-electron chi connectivity index (χ0n) is 12.2. The van der Waals surface area contributed by atoms with E-state index in [9.17, 15) is 13.6 Å². The van der Waals surface area contributed by atoms with Crippen LogP contribution in [0.1, 0.15) is 17.3 Å². The van der Waals surface area contributed by atoms with Crippen molar-refractivity contribution in [2.45, 2.75) is 6.92 Å². The summed E-state index contributed by atoms with van der Waals surface area (Å²) in [5.74, 6) is -1.40. The van der Waals surface area contributed by atoms with Crippen molar-refractivity contribution in [2.75, 3.05) is 12.4 Å². The summed E-state index contributed by atoms with van der Waals surface area (Å²) in [6.45, 7) is 1.67. The summed E-state index contributed by atoms with van der Waals surface area (Å²) in [6.07, 6.45) is 1.39. The summed E-state index contributed by atoms with van der Waals surface area (Å²) in [7, 11) is 1.55. The van der Waals surface area contributed by atoms with Gasteiger partial charge in [0, 0.05) is 29.1 Å². The van der Waals surface area contributed by atoms with Gasteiger partial charge in [-0.15, -0.1) is 0 Å². The number of allylic oxidation sites excluding steroid dienone is 2. The van der Waals surface area contributed by atoms with Gasteiger partial charge < -0.3 is 10.1 Å². The molecule has 0 saturated heterocycles. The molecule has 2 aromatic carbocycles. The lowest BCUT2D eigenvalue weighted by Crippen LogP contribution is -2.02. The van der Waals surface area contributed by atoms with Crippen LogP contribution < -0.4 is 10.1 Å². The molecule has 3 nitrogen and oxygen atoms in total. The van der Waals surface area contributed by atoms with Gasteiger partial charge in [0.05, 0.1) is 7.11 Å². The monoisotopic (exact) mass is 303 g/mol. The first-order valence-corrected chi connectivity index (χ1v) is 6.58. The predicted molar refractivity (Wildman–Crippen MR) is 81.1 cm³/mol. The van der Waals surface area contributed by atoms with E-state index < -0.39 is 11.6 Å². The second-order valence-corrected chi connectivity index (χ2v) is 4.67. The van der Waals surface area contributed by atoms with E-state index in [0.29, 0.717) is 22.7 Å². The van der Waals surface area contributed by atoms with Crippen molar-refractivity contribution < 1.29 is 18.3 Å². The highest BCUT2D eigenvalue weighted by Crippen LogP contribution is 2.16. The van der Waals surface area contributed by atoms with Crippen LogP contribution in [-0.4, -0.2) is 12.9 Å². The van der Waals surface area contributed by atoms with Crippen molar-refractivity contribution >= 4 is 11.5 Å². The van der Waals surface area contributed by atoms with E-state index in [0.717, 1.165) is 12.1 Å². The fourth-order valence-electron chi connectivity index (χ4n) is 1.87.